The number of rotatable bonds is 4. The van der Waals surface area contributed by atoms with Gasteiger partial charge in [0.15, 0.2) is 0 Å². The quantitative estimate of drug-likeness (QED) is 0.778. The van der Waals surface area contributed by atoms with Gasteiger partial charge in [-0.15, -0.1) is 0 Å². The van der Waals surface area contributed by atoms with Gasteiger partial charge in [0, 0.05) is 12.6 Å². The summed E-state index contributed by atoms with van der Waals surface area (Å²) in [6.45, 7) is 8.62. The number of fused-ring (bicyclic) bond motifs is 1. The molecule has 4 rings (SSSR count). The lowest BCUT2D eigenvalue weighted by atomic mass is 9.75. The van der Waals surface area contributed by atoms with Crippen molar-refractivity contribution in [2.75, 3.05) is 0 Å². The number of nitrogens with zero attached hydrogens (tertiary/aromatic N) is 1. The van der Waals surface area contributed by atoms with Gasteiger partial charge in [0.05, 0.1) is 11.2 Å². The third-order valence-corrected chi connectivity index (χ3v) is 6.84. The highest BCUT2D eigenvalue weighted by Gasteiger charge is 2.51. The normalized spacial score (nSPS) is 21.9. The van der Waals surface area contributed by atoms with Crippen LogP contribution in [-0.4, -0.2) is 40.5 Å². The number of carboxylic acid groups (broad SMARTS) is 1. The SMILES string of the molecule is CC1(C)OB(c2ccc3c(c2)C[C@@H](N(Cc2ccccc2)C(=O)O)CC3)OC1(C)C. The van der Waals surface area contributed by atoms with Crippen molar-refractivity contribution in [3.63, 3.8) is 0 Å². The monoisotopic (exact) mass is 407 g/mol. The summed E-state index contributed by atoms with van der Waals surface area (Å²) in [6.07, 6.45) is 1.56. The fourth-order valence-electron chi connectivity index (χ4n) is 4.28. The van der Waals surface area contributed by atoms with E-state index >= 15 is 0 Å². The Labute approximate surface area is 179 Å². The first-order valence-corrected chi connectivity index (χ1v) is 10.7. The maximum atomic E-state index is 12.0. The van der Waals surface area contributed by atoms with Gasteiger partial charge < -0.3 is 19.3 Å². The first kappa shape index (κ1) is 20.9. The second-order valence-electron chi connectivity index (χ2n) is 9.41. The number of hydrogen-bond acceptors (Lipinski definition) is 3. The van der Waals surface area contributed by atoms with Crippen molar-refractivity contribution < 1.29 is 19.2 Å². The standard InChI is InChI=1S/C24H30BNO4/c1-23(2)24(3,4)30-25(29-23)20-12-10-18-11-13-21(15-19(18)14-20)26(22(27)28)16-17-8-6-5-7-9-17/h5-10,12,14,21H,11,13,15-16H2,1-4H3,(H,27,28)/t21-/m0/s1. The Hall–Kier alpha value is -2.31. The fourth-order valence-corrected chi connectivity index (χ4v) is 4.28. The highest BCUT2D eigenvalue weighted by atomic mass is 16.7. The lowest BCUT2D eigenvalue weighted by Gasteiger charge is -2.33. The molecule has 0 bridgehead atoms. The number of hydrogen-bond donors (Lipinski definition) is 1. The zero-order valence-corrected chi connectivity index (χ0v) is 18.2. The van der Waals surface area contributed by atoms with Crippen LogP contribution in [0, 0.1) is 0 Å². The maximum Gasteiger partial charge on any atom is 0.494 e. The van der Waals surface area contributed by atoms with E-state index in [2.05, 4.69) is 45.9 Å². The molecule has 5 nitrogen and oxygen atoms in total. The molecule has 0 saturated carbocycles. The largest absolute Gasteiger partial charge is 0.494 e. The minimum Gasteiger partial charge on any atom is -0.465 e. The highest BCUT2D eigenvalue weighted by molar-refractivity contribution is 6.62. The molecule has 2 aromatic rings. The van der Waals surface area contributed by atoms with Crippen LogP contribution in [0.2, 0.25) is 0 Å². The van der Waals surface area contributed by atoms with Crippen molar-refractivity contribution in [1.29, 1.82) is 0 Å². The second kappa shape index (κ2) is 7.75. The Balaban J connectivity index is 1.54. The fraction of sp³-hybridized carbons (Fsp3) is 0.458. The molecule has 1 atom stereocenters. The molecule has 158 valence electrons. The van der Waals surface area contributed by atoms with Crippen LogP contribution in [-0.2, 0) is 28.7 Å². The van der Waals surface area contributed by atoms with Crippen LogP contribution < -0.4 is 5.46 Å². The summed E-state index contributed by atoms with van der Waals surface area (Å²) in [6, 6.07) is 16.1. The summed E-state index contributed by atoms with van der Waals surface area (Å²) in [5.74, 6) is 0. The molecule has 30 heavy (non-hydrogen) atoms. The number of aryl methyl sites for hydroxylation is 1. The molecule has 1 aliphatic heterocycles. The summed E-state index contributed by atoms with van der Waals surface area (Å²) in [4.78, 5) is 13.6. The van der Waals surface area contributed by atoms with Crippen LogP contribution in [0.5, 0.6) is 0 Å². The third kappa shape index (κ3) is 3.99. The topological polar surface area (TPSA) is 59.0 Å². The van der Waals surface area contributed by atoms with Gasteiger partial charge in [0.25, 0.3) is 0 Å². The van der Waals surface area contributed by atoms with E-state index in [-0.39, 0.29) is 17.2 Å². The van der Waals surface area contributed by atoms with Crippen molar-refractivity contribution in [2.45, 2.75) is 70.7 Å². The molecule has 1 saturated heterocycles. The Bertz CT molecular complexity index is 912. The van der Waals surface area contributed by atoms with Crippen molar-refractivity contribution in [3.05, 3.63) is 65.2 Å². The average molecular weight is 407 g/mol. The van der Waals surface area contributed by atoms with E-state index in [0.29, 0.717) is 13.0 Å². The van der Waals surface area contributed by atoms with Crippen molar-refractivity contribution in [3.8, 4) is 0 Å². The van der Waals surface area contributed by atoms with Crippen LogP contribution in [0.1, 0.15) is 50.8 Å². The molecule has 2 aromatic carbocycles. The lowest BCUT2D eigenvalue weighted by molar-refractivity contribution is 0.00578. The average Bonchev–Trinajstić information content (AvgIpc) is 2.93. The van der Waals surface area contributed by atoms with Crippen molar-refractivity contribution >= 4 is 18.7 Å². The molecule has 1 heterocycles. The van der Waals surface area contributed by atoms with Crippen LogP contribution in [0.4, 0.5) is 4.79 Å². The van der Waals surface area contributed by atoms with E-state index in [4.69, 9.17) is 9.31 Å². The molecule has 0 unspecified atom stereocenters. The summed E-state index contributed by atoms with van der Waals surface area (Å²) in [5.41, 5.74) is 3.72. The van der Waals surface area contributed by atoms with Gasteiger partial charge in [-0.05, 0) is 69.1 Å². The number of amides is 1. The minimum atomic E-state index is -0.866. The first-order chi connectivity index (χ1) is 14.2. The molecular formula is C24H30BNO4. The third-order valence-electron chi connectivity index (χ3n) is 6.84. The van der Waals surface area contributed by atoms with Crippen molar-refractivity contribution in [2.24, 2.45) is 0 Å². The zero-order chi connectivity index (χ0) is 21.5. The molecule has 0 aromatic heterocycles. The van der Waals surface area contributed by atoms with Gasteiger partial charge in [-0.25, -0.2) is 4.79 Å². The molecule has 2 aliphatic rings. The Kier molecular flexibility index (Phi) is 5.41. The van der Waals surface area contributed by atoms with Crippen LogP contribution in [0.25, 0.3) is 0 Å². The molecule has 1 N–H and O–H groups in total. The van der Waals surface area contributed by atoms with E-state index < -0.39 is 13.2 Å². The van der Waals surface area contributed by atoms with E-state index in [1.165, 1.54) is 11.1 Å². The summed E-state index contributed by atoms with van der Waals surface area (Å²) in [5, 5.41) is 9.86. The predicted octanol–water partition coefficient (Wildman–Crippen LogP) is 4.02. The van der Waals surface area contributed by atoms with Gasteiger partial charge in [0.2, 0.25) is 0 Å². The summed E-state index contributed by atoms with van der Waals surface area (Å²) in [7, 11) is -0.402. The molecule has 6 heteroatoms. The molecule has 1 fully saturated rings. The van der Waals surface area contributed by atoms with E-state index in [1.54, 1.807) is 4.90 Å². The summed E-state index contributed by atoms with van der Waals surface area (Å²) >= 11 is 0. The lowest BCUT2D eigenvalue weighted by Crippen LogP contribution is -2.43. The predicted molar refractivity (Wildman–Crippen MR) is 118 cm³/mol. The minimum absolute atomic E-state index is 0.0382. The van der Waals surface area contributed by atoms with Gasteiger partial charge >= 0.3 is 13.2 Å². The number of benzene rings is 2. The van der Waals surface area contributed by atoms with E-state index in [0.717, 1.165) is 23.9 Å². The smallest absolute Gasteiger partial charge is 0.465 e. The van der Waals surface area contributed by atoms with Crippen molar-refractivity contribution in [1.82, 2.24) is 4.90 Å². The Morgan fingerprint density at radius 1 is 1.07 bits per heavy atom. The van der Waals surface area contributed by atoms with E-state index in [9.17, 15) is 9.90 Å². The molecular weight excluding hydrogens is 377 g/mol. The van der Waals surface area contributed by atoms with Crippen LogP contribution >= 0.6 is 0 Å². The van der Waals surface area contributed by atoms with Gasteiger partial charge in [0.1, 0.15) is 0 Å². The Morgan fingerprint density at radius 2 is 1.73 bits per heavy atom. The molecule has 0 spiro atoms. The Morgan fingerprint density at radius 3 is 2.37 bits per heavy atom. The van der Waals surface area contributed by atoms with Gasteiger partial charge in [-0.2, -0.15) is 0 Å². The van der Waals surface area contributed by atoms with Crippen LogP contribution in [0.15, 0.2) is 48.5 Å². The first-order valence-electron chi connectivity index (χ1n) is 10.7. The molecule has 1 aliphatic carbocycles. The zero-order valence-electron chi connectivity index (χ0n) is 18.2. The highest BCUT2D eigenvalue weighted by Crippen LogP contribution is 2.37. The van der Waals surface area contributed by atoms with Gasteiger partial charge in [-0.3, -0.25) is 0 Å². The summed E-state index contributed by atoms with van der Waals surface area (Å²) < 4.78 is 12.4. The van der Waals surface area contributed by atoms with Gasteiger partial charge in [-0.1, -0.05) is 48.5 Å². The number of carbonyl (C=O) groups is 1. The molecule has 0 radical (unpaired) electrons. The second-order valence-corrected chi connectivity index (χ2v) is 9.41. The molecule has 1 amide bonds. The van der Waals surface area contributed by atoms with Crippen LogP contribution in [0.3, 0.4) is 0 Å². The van der Waals surface area contributed by atoms with E-state index in [1.807, 2.05) is 30.3 Å². The maximum absolute atomic E-state index is 12.0.